The topological polar surface area (TPSA) is 98.2 Å². The van der Waals surface area contributed by atoms with E-state index in [2.05, 4.69) is 28.8 Å². The van der Waals surface area contributed by atoms with Gasteiger partial charge in [0.25, 0.3) is 5.91 Å². The number of phenolic OH excluding ortho intramolecular Hbond substituents is 1. The molecular formula is C26H27ClFN5O4. The van der Waals surface area contributed by atoms with Crippen LogP contribution in [0.5, 0.6) is 11.5 Å². The number of aromatic hydroxyl groups is 1. The fourth-order valence-electron chi connectivity index (χ4n) is 5.92. The van der Waals surface area contributed by atoms with Crippen LogP contribution in [-0.2, 0) is 4.79 Å². The average molecular weight is 528 g/mol. The molecule has 1 aromatic carbocycles. The lowest BCUT2D eigenvalue weighted by atomic mass is 10.1. The Labute approximate surface area is 218 Å². The number of rotatable bonds is 4. The van der Waals surface area contributed by atoms with Crippen molar-refractivity contribution in [3.8, 4) is 22.8 Å². The van der Waals surface area contributed by atoms with E-state index < -0.39 is 11.9 Å². The van der Waals surface area contributed by atoms with Crippen molar-refractivity contribution >= 4 is 29.2 Å². The number of benzene rings is 1. The lowest BCUT2D eigenvalue weighted by Gasteiger charge is -2.39. The molecule has 37 heavy (non-hydrogen) atoms. The zero-order valence-electron chi connectivity index (χ0n) is 20.3. The summed E-state index contributed by atoms with van der Waals surface area (Å²) in [4.78, 5) is 36.3. The number of carbonyl (C=O) groups excluding carboxylic acids is 2. The molecule has 1 unspecified atom stereocenters. The highest BCUT2D eigenvalue weighted by molar-refractivity contribution is 6.35. The first kappa shape index (κ1) is 24.0. The monoisotopic (exact) mass is 527 g/mol. The second-order valence-electron chi connectivity index (χ2n) is 10.1. The van der Waals surface area contributed by atoms with Gasteiger partial charge in [0.05, 0.1) is 11.6 Å². The van der Waals surface area contributed by atoms with E-state index in [1.54, 1.807) is 9.80 Å². The number of pyridine rings is 1. The molecule has 0 bridgehead atoms. The van der Waals surface area contributed by atoms with Gasteiger partial charge in [0, 0.05) is 38.8 Å². The number of amides is 2. The van der Waals surface area contributed by atoms with E-state index in [1.165, 1.54) is 24.3 Å². The van der Waals surface area contributed by atoms with Crippen LogP contribution in [0.2, 0.25) is 5.02 Å². The van der Waals surface area contributed by atoms with Crippen molar-refractivity contribution in [3.63, 3.8) is 0 Å². The van der Waals surface area contributed by atoms with Crippen molar-refractivity contribution < 1.29 is 23.8 Å². The van der Waals surface area contributed by atoms with Crippen molar-refractivity contribution in [2.75, 3.05) is 51.7 Å². The zero-order valence-corrected chi connectivity index (χ0v) is 21.0. The summed E-state index contributed by atoms with van der Waals surface area (Å²) in [6.07, 6.45) is 1.25. The Morgan fingerprint density at radius 2 is 2.03 bits per heavy atom. The molecule has 9 nitrogen and oxygen atoms in total. The molecule has 0 radical (unpaired) electrons. The summed E-state index contributed by atoms with van der Waals surface area (Å²) in [5, 5.41) is 13.8. The highest BCUT2D eigenvalue weighted by Gasteiger charge is 2.55. The van der Waals surface area contributed by atoms with Crippen LogP contribution in [0.1, 0.15) is 10.4 Å². The minimum absolute atomic E-state index is 0.00224. The van der Waals surface area contributed by atoms with Crippen molar-refractivity contribution in [2.24, 2.45) is 11.8 Å². The molecule has 0 spiro atoms. The summed E-state index contributed by atoms with van der Waals surface area (Å²) in [7, 11) is 2.07. The summed E-state index contributed by atoms with van der Waals surface area (Å²) in [5.74, 6) is -0.332. The number of ether oxygens (including phenoxy) is 1. The van der Waals surface area contributed by atoms with E-state index in [9.17, 15) is 19.1 Å². The molecule has 3 aliphatic heterocycles. The van der Waals surface area contributed by atoms with E-state index in [-0.39, 0.29) is 63.6 Å². The van der Waals surface area contributed by atoms with Gasteiger partial charge in [-0.25, -0.2) is 9.37 Å². The van der Waals surface area contributed by atoms with Gasteiger partial charge in [0.2, 0.25) is 5.91 Å². The van der Waals surface area contributed by atoms with Gasteiger partial charge in [-0.2, -0.15) is 0 Å². The van der Waals surface area contributed by atoms with Gasteiger partial charge < -0.3 is 29.9 Å². The summed E-state index contributed by atoms with van der Waals surface area (Å²) < 4.78 is 21.0. The second-order valence-corrected chi connectivity index (χ2v) is 10.5. The third-order valence-corrected chi connectivity index (χ3v) is 8.22. The zero-order chi connectivity index (χ0) is 26.0. The number of halogens is 2. The molecule has 4 heterocycles. The number of piperazine rings is 1. The van der Waals surface area contributed by atoms with Gasteiger partial charge in [-0.1, -0.05) is 24.2 Å². The number of anilines is 1. The first-order valence-corrected chi connectivity index (χ1v) is 12.7. The Hall–Kier alpha value is -3.37. The smallest absolute Gasteiger partial charge is 0.261 e. The lowest BCUT2D eigenvalue weighted by molar-refractivity contribution is -0.128. The fourth-order valence-corrected chi connectivity index (χ4v) is 6.21. The van der Waals surface area contributed by atoms with Crippen molar-refractivity contribution in [2.45, 2.75) is 12.1 Å². The first-order valence-electron chi connectivity index (χ1n) is 12.3. The average Bonchev–Trinajstić information content (AvgIpc) is 3.38. The molecule has 2 amide bonds. The third-order valence-electron chi connectivity index (χ3n) is 7.87. The normalized spacial score (nSPS) is 26.5. The standard InChI is InChI=1S/C26H27ClFN5O4/c1-3-18(35)32-7-8-33-13(9-32)12-37-24-20(26(33)36)25(29-22-14-10-31(2)11-15(14)22)30-23(21(24)27)19-16(28)5-4-6-17(19)34/h3-6,13-15,22,34H,1,7-12H2,2H3,(H,29,30)/t13-,14-,15+,22?/m1/s1. The molecule has 1 aliphatic carbocycles. The Balaban J connectivity index is 1.43. The van der Waals surface area contributed by atoms with Crippen molar-refractivity contribution in [1.82, 2.24) is 19.7 Å². The summed E-state index contributed by atoms with van der Waals surface area (Å²) in [6.45, 7) is 6.49. The second kappa shape index (κ2) is 8.88. The van der Waals surface area contributed by atoms with Crippen LogP contribution in [0, 0.1) is 17.7 Å². The summed E-state index contributed by atoms with van der Waals surface area (Å²) in [6, 6.07) is 3.67. The highest BCUT2D eigenvalue weighted by Crippen LogP contribution is 2.49. The molecule has 2 N–H and O–H groups in total. The van der Waals surface area contributed by atoms with Crippen LogP contribution in [0.15, 0.2) is 30.9 Å². The van der Waals surface area contributed by atoms with E-state index in [0.29, 0.717) is 31.5 Å². The molecule has 1 saturated carbocycles. The van der Waals surface area contributed by atoms with Gasteiger partial charge in [0.1, 0.15) is 40.3 Å². The van der Waals surface area contributed by atoms with Crippen LogP contribution < -0.4 is 10.1 Å². The van der Waals surface area contributed by atoms with Crippen LogP contribution in [0.4, 0.5) is 10.2 Å². The number of hydrogen-bond donors (Lipinski definition) is 2. The molecular weight excluding hydrogens is 501 g/mol. The minimum atomic E-state index is -0.693. The SMILES string of the molecule is C=CC(=O)N1CCN2C(=O)c3c(NC4[C@H]5CN(C)C[C@@H]45)nc(-c4c(O)cccc4F)c(Cl)c3OC[C@H]2C1. The van der Waals surface area contributed by atoms with E-state index in [1.807, 2.05) is 0 Å². The van der Waals surface area contributed by atoms with E-state index >= 15 is 0 Å². The number of nitrogens with zero attached hydrogens (tertiary/aromatic N) is 4. The Kier molecular flexibility index (Phi) is 5.76. The number of fused-ring (bicyclic) bond motifs is 3. The van der Waals surface area contributed by atoms with Gasteiger partial charge in [-0.15, -0.1) is 0 Å². The predicted molar refractivity (Wildman–Crippen MR) is 135 cm³/mol. The minimum Gasteiger partial charge on any atom is -0.507 e. The van der Waals surface area contributed by atoms with E-state index in [4.69, 9.17) is 16.3 Å². The molecule has 11 heteroatoms. The Bertz CT molecular complexity index is 1290. The molecule has 194 valence electrons. The maximum absolute atomic E-state index is 14.9. The fraction of sp³-hybridized carbons (Fsp3) is 0.423. The molecule has 1 aromatic heterocycles. The highest BCUT2D eigenvalue weighted by atomic mass is 35.5. The van der Waals surface area contributed by atoms with Crippen LogP contribution in [0.25, 0.3) is 11.3 Å². The van der Waals surface area contributed by atoms with Crippen LogP contribution in [0.3, 0.4) is 0 Å². The number of piperidine rings is 1. The maximum Gasteiger partial charge on any atom is 0.261 e. The molecule has 6 rings (SSSR count). The number of aromatic nitrogens is 1. The van der Waals surface area contributed by atoms with Gasteiger partial charge in [-0.05, 0) is 37.1 Å². The molecule has 2 saturated heterocycles. The van der Waals surface area contributed by atoms with Gasteiger partial charge in [0.15, 0.2) is 5.75 Å². The Morgan fingerprint density at radius 3 is 2.73 bits per heavy atom. The number of hydrogen-bond acceptors (Lipinski definition) is 7. The van der Waals surface area contributed by atoms with Crippen LogP contribution >= 0.6 is 11.6 Å². The molecule has 2 aromatic rings. The largest absolute Gasteiger partial charge is 0.507 e. The molecule has 4 aliphatic rings. The van der Waals surface area contributed by atoms with Crippen molar-refractivity contribution in [3.05, 3.63) is 47.3 Å². The quantitative estimate of drug-likeness (QED) is 0.589. The lowest BCUT2D eigenvalue weighted by Crippen LogP contribution is -2.57. The Morgan fingerprint density at radius 1 is 1.27 bits per heavy atom. The first-order chi connectivity index (χ1) is 17.8. The summed E-state index contributed by atoms with van der Waals surface area (Å²) >= 11 is 6.73. The number of carbonyl (C=O) groups is 2. The maximum atomic E-state index is 14.9. The number of nitrogens with one attached hydrogen (secondary N) is 1. The number of phenols is 1. The van der Waals surface area contributed by atoms with Crippen molar-refractivity contribution in [1.29, 1.82) is 0 Å². The summed E-state index contributed by atoms with van der Waals surface area (Å²) in [5.41, 5.74) is 0.0290. The van der Waals surface area contributed by atoms with E-state index in [0.717, 1.165) is 13.1 Å². The number of likely N-dealkylation sites (tertiary alicyclic amines) is 1. The molecule has 4 atom stereocenters. The molecule has 3 fully saturated rings. The van der Waals surface area contributed by atoms with Gasteiger partial charge >= 0.3 is 0 Å². The third kappa shape index (κ3) is 3.90. The van der Waals surface area contributed by atoms with Gasteiger partial charge in [-0.3, -0.25) is 9.59 Å². The predicted octanol–water partition coefficient (Wildman–Crippen LogP) is 2.45. The van der Waals surface area contributed by atoms with Crippen LogP contribution in [-0.4, -0.2) is 95.1 Å².